The number of hydrogen-bond donors (Lipinski definition) is 2. The second kappa shape index (κ2) is 12.1. The van der Waals surface area contributed by atoms with Gasteiger partial charge in [0.05, 0.1) is 18.3 Å². The zero-order valence-corrected chi connectivity index (χ0v) is 26.2. The average molecular weight is 662 g/mol. The minimum Gasteiger partial charge on any atom is -0.508 e. The van der Waals surface area contributed by atoms with E-state index in [1.54, 1.807) is 18.2 Å². The van der Waals surface area contributed by atoms with Crippen molar-refractivity contribution >= 4 is 27.5 Å². The van der Waals surface area contributed by atoms with Gasteiger partial charge in [0.15, 0.2) is 5.82 Å². The number of terminal acetylenes is 1. The predicted molar refractivity (Wildman–Crippen MR) is 173 cm³/mol. The molecule has 3 atom stereocenters. The third kappa shape index (κ3) is 5.78. The lowest BCUT2D eigenvalue weighted by molar-refractivity contribution is -0.158. The van der Waals surface area contributed by atoms with Crippen LogP contribution in [0.4, 0.5) is 23.4 Å². The molecule has 2 unspecified atom stereocenters. The van der Waals surface area contributed by atoms with E-state index in [2.05, 4.69) is 26.0 Å². The zero-order chi connectivity index (χ0) is 33.2. The molecule has 4 aromatic rings. The van der Waals surface area contributed by atoms with Gasteiger partial charge < -0.3 is 24.8 Å². The number of alkyl halides is 2. The maximum absolute atomic E-state index is 16.9. The molecule has 3 saturated heterocycles. The van der Waals surface area contributed by atoms with Gasteiger partial charge in [-0.2, -0.15) is 18.7 Å². The number of ether oxygens (including phenoxy) is 2. The Labute approximate surface area is 275 Å². The Morgan fingerprint density at radius 3 is 2.58 bits per heavy atom. The van der Waals surface area contributed by atoms with Crippen LogP contribution in [-0.4, -0.2) is 84.1 Å². The Bertz CT molecular complexity index is 1940. The molecule has 4 fully saturated rings. The summed E-state index contributed by atoms with van der Waals surface area (Å²) in [5, 5.41) is 15.4. The van der Waals surface area contributed by atoms with E-state index in [-0.39, 0.29) is 57.9 Å². The van der Waals surface area contributed by atoms with Crippen LogP contribution in [0.25, 0.3) is 32.8 Å². The molecule has 8 rings (SSSR count). The third-order valence-electron chi connectivity index (χ3n) is 10.3. The Hall–Kier alpha value is -4.18. The first-order chi connectivity index (χ1) is 23.2. The van der Waals surface area contributed by atoms with Crippen LogP contribution in [0.3, 0.4) is 0 Å². The van der Waals surface area contributed by atoms with Crippen molar-refractivity contribution < 1.29 is 32.1 Å². The van der Waals surface area contributed by atoms with Gasteiger partial charge in [-0.15, -0.1) is 6.42 Å². The summed E-state index contributed by atoms with van der Waals surface area (Å²) in [6.45, 7) is 0.458. The lowest BCUT2D eigenvalue weighted by atomic mass is 9.93. The van der Waals surface area contributed by atoms with E-state index in [1.165, 1.54) is 18.2 Å². The predicted octanol–water partition coefficient (Wildman–Crippen LogP) is 5.83. The minimum atomic E-state index is -2.79. The molecule has 2 bridgehead atoms. The number of nitrogens with one attached hydrogen (secondary N) is 1. The number of benzene rings is 3. The van der Waals surface area contributed by atoms with Crippen molar-refractivity contribution in [2.75, 3.05) is 44.2 Å². The van der Waals surface area contributed by atoms with E-state index in [9.17, 15) is 13.9 Å². The summed E-state index contributed by atoms with van der Waals surface area (Å²) in [7, 11) is 0. The van der Waals surface area contributed by atoms with Gasteiger partial charge in [0.25, 0.3) is 0 Å². The molecule has 4 heterocycles. The lowest BCUT2D eigenvalue weighted by Crippen LogP contribution is -2.51. The Balaban J connectivity index is 1.18. The Morgan fingerprint density at radius 2 is 1.85 bits per heavy atom. The normalized spacial score (nSPS) is 23.3. The van der Waals surface area contributed by atoms with Gasteiger partial charge in [-0.25, -0.2) is 8.78 Å². The zero-order valence-electron chi connectivity index (χ0n) is 26.2. The molecule has 3 aromatic carbocycles. The summed E-state index contributed by atoms with van der Waals surface area (Å²) in [5.74, 6) is 1.11. The van der Waals surface area contributed by atoms with Gasteiger partial charge in [-0.3, -0.25) is 4.90 Å². The minimum absolute atomic E-state index is 0.0171. The highest BCUT2D eigenvalue weighted by Gasteiger charge is 2.46. The van der Waals surface area contributed by atoms with Crippen LogP contribution < -0.4 is 15.0 Å². The molecule has 12 heteroatoms. The van der Waals surface area contributed by atoms with Crippen molar-refractivity contribution in [2.24, 2.45) is 5.41 Å². The average Bonchev–Trinajstić information content (AvgIpc) is 3.55. The summed E-state index contributed by atoms with van der Waals surface area (Å²) in [5.41, 5.74) is -0.0936. The van der Waals surface area contributed by atoms with Crippen molar-refractivity contribution in [1.29, 1.82) is 0 Å². The van der Waals surface area contributed by atoms with Gasteiger partial charge in [0, 0.05) is 72.1 Å². The van der Waals surface area contributed by atoms with Crippen LogP contribution in [0, 0.1) is 29.4 Å². The molecule has 2 N–H and O–H groups in total. The van der Waals surface area contributed by atoms with Crippen molar-refractivity contribution in [2.45, 2.75) is 56.9 Å². The van der Waals surface area contributed by atoms with Crippen LogP contribution >= 0.6 is 0 Å². The van der Waals surface area contributed by atoms with Crippen LogP contribution in [0.5, 0.6) is 11.8 Å². The third-order valence-corrected chi connectivity index (χ3v) is 10.3. The number of piperazine rings is 1. The SMILES string of the molecule is C#Cc1cccc2cc(O)cc(-c3c(F)cc4c(N5CC6CCC(C5)N6)nc(OCC5(CN6CC[C@@H](OC(F)F)C6)CC5)nc4c3F)c12. The van der Waals surface area contributed by atoms with E-state index in [0.29, 0.717) is 61.3 Å². The summed E-state index contributed by atoms with van der Waals surface area (Å²) in [4.78, 5) is 13.4. The number of phenols is 1. The van der Waals surface area contributed by atoms with E-state index >= 15 is 8.78 Å². The molecule has 1 aliphatic carbocycles. The number of rotatable bonds is 9. The number of hydrogen-bond acceptors (Lipinski definition) is 8. The highest BCUT2D eigenvalue weighted by molar-refractivity contribution is 6.04. The van der Waals surface area contributed by atoms with E-state index in [1.807, 2.05) is 0 Å². The van der Waals surface area contributed by atoms with E-state index < -0.39 is 24.3 Å². The van der Waals surface area contributed by atoms with Crippen LogP contribution in [0.1, 0.15) is 37.7 Å². The molecule has 0 spiro atoms. The number of aromatic nitrogens is 2. The maximum Gasteiger partial charge on any atom is 0.345 e. The molecule has 4 aliphatic rings. The molecular weight excluding hydrogens is 626 g/mol. The first-order valence-electron chi connectivity index (χ1n) is 16.4. The van der Waals surface area contributed by atoms with Crippen LogP contribution in [-0.2, 0) is 4.74 Å². The molecule has 48 heavy (non-hydrogen) atoms. The van der Waals surface area contributed by atoms with Crippen molar-refractivity contribution in [3.63, 3.8) is 0 Å². The number of fused-ring (bicyclic) bond motifs is 4. The number of anilines is 1. The first-order valence-corrected chi connectivity index (χ1v) is 16.4. The fraction of sp³-hybridized carbons (Fsp3) is 0.444. The monoisotopic (exact) mass is 661 g/mol. The highest BCUT2D eigenvalue weighted by atomic mass is 19.3. The van der Waals surface area contributed by atoms with Crippen molar-refractivity contribution in [3.05, 3.63) is 53.6 Å². The van der Waals surface area contributed by atoms with Gasteiger partial charge in [0.2, 0.25) is 0 Å². The number of likely N-dealkylation sites (tertiary alicyclic amines) is 1. The highest BCUT2D eigenvalue weighted by Crippen LogP contribution is 2.47. The second-order valence-electron chi connectivity index (χ2n) is 13.7. The van der Waals surface area contributed by atoms with Gasteiger partial charge in [-0.1, -0.05) is 18.1 Å². The fourth-order valence-corrected chi connectivity index (χ4v) is 7.83. The molecule has 0 amide bonds. The summed E-state index contributed by atoms with van der Waals surface area (Å²) < 4.78 is 69.5. The van der Waals surface area contributed by atoms with Gasteiger partial charge in [-0.05, 0) is 61.8 Å². The quantitative estimate of drug-likeness (QED) is 0.172. The number of halogens is 4. The summed E-state index contributed by atoms with van der Waals surface area (Å²) in [6.07, 6.45) is 9.61. The number of phenolic OH excluding ortho intramolecular Hbond substituents is 1. The van der Waals surface area contributed by atoms with Gasteiger partial charge in [0.1, 0.15) is 22.9 Å². The standard InChI is InChI=1S/C36H35F4N5O3/c1-2-20-4-3-5-21-12-24(46)13-26(29(20)21)30-28(37)14-27-32(31(30)38)42-35(43-33(27)45-15-22-6-7-23(16-45)41-22)47-19-36(9-10-36)18-44-11-8-25(17-44)48-34(39)40/h1,3-5,12-14,22-23,25,34,41,46H,6-11,15-19H2/t22?,23?,25-/m1/s1. The molecule has 1 aromatic heterocycles. The Morgan fingerprint density at radius 1 is 1.06 bits per heavy atom. The lowest BCUT2D eigenvalue weighted by Gasteiger charge is -2.34. The smallest absolute Gasteiger partial charge is 0.345 e. The maximum atomic E-state index is 16.9. The molecule has 3 aliphatic heterocycles. The Kier molecular flexibility index (Phi) is 7.81. The number of nitrogens with zero attached hydrogens (tertiary/aromatic N) is 4. The fourth-order valence-electron chi connectivity index (χ4n) is 7.83. The second-order valence-corrected chi connectivity index (χ2v) is 13.7. The van der Waals surface area contributed by atoms with Crippen molar-refractivity contribution in [1.82, 2.24) is 20.2 Å². The summed E-state index contributed by atoms with van der Waals surface area (Å²) >= 11 is 0. The van der Waals surface area contributed by atoms with Gasteiger partial charge >= 0.3 is 12.6 Å². The van der Waals surface area contributed by atoms with E-state index in [0.717, 1.165) is 25.7 Å². The summed E-state index contributed by atoms with van der Waals surface area (Å²) in [6, 6.07) is 9.68. The van der Waals surface area contributed by atoms with E-state index in [4.69, 9.17) is 20.9 Å². The topological polar surface area (TPSA) is 83.0 Å². The van der Waals surface area contributed by atoms with Crippen LogP contribution in [0.15, 0.2) is 36.4 Å². The first kappa shape index (κ1) is 31.1. The molecule has 250 valence electrons. The molecule has 0 radical (unpaired) electrons. The molecular formula is C36H35F4N5O3. The molecule has 1 saturated carbocycles. The largest absolute Gasteiger partial charge is 0.508 e. The van der Waals surface area contributed by atoms with Crippen LogP contribution in [0.2, 0.25) is 0 Å². The number of aromatic hydroxyl groups is 1. The van der Waals surface area contributed by atoms with Crippen molar-refractivity contribution in [3.8, 4) is 35.2 Å². The molecule has 8 nitrogen and oxygen atoms in total.